The number of thiazole rings is 1. The van der Waals surface area contributed by atoms with Gasteiger partial charge in [0.15, 0.2) is 5.13 Å². The standard InChI is InChI=1S/C28H34N6O4S/c1-28(2,3)33-9-6-20(16-33)26(37)30-14-23(35)32-27-31-22(17-39-27)21-12-19-4-5-24(36)34(25(19)29-13-21)15-18-7-10-38-11-8-18/h6,9,12-13,16-18H,4-5,7-8,10-11,14-15H2,1-3H3,(H,30,37)(H,31,32,35). The molecule has 0 unspecified atom stereocenters. The third kappa shape index (κ3) is 6.36. The van der Waals surface area contributed by atoms with Crippen molar-refractivity contribution >= 4 is 40.0 Å². The van der Waals surface area contributed by atoms with Crippen LogP contribution < -0.4 is 15.5 Å². The SMILES string of the molecule is CC(C)(C)n1ccc(C(=O)NCC(=O)Nc2nc(-c3cnc4c(c3)CCC(=O)N4CC3CCOCC3)cs2)c1. The summed E-state index contributed by atoms with van der Waals surface area (Å²) < 4.78 is 7.41. The Kier molecular flexibility index (Phi) is 7.81. The number of aromatic nitrogens is 3. The van der Waals surface area contributed by atoms with Gasteiger partial charge in [-0.15, -0.1) is 11.3 Å². The number of carbonyl (C=O) groups is 3. The molecular formula is C28H34N6O4S. The van der Waals surface area contributed by atoms with Gasteiger partial charge in [0.25, 0.3) is 5.91 Å². The Morgan fingerprint density at radius 1 is 1.21 bits per heavy atom. The van der Waals surface area contributed by atoms with Crippen molar-refractivity contribution in [2.75, 3.05) is 36.5 Å². The molecule has 1 saturated heterocycles. The molecule has 0 aliphatic carbocycles. The predicted molar refractivity (Wildman–Crippen MR) is 150 cm³/mol. The van der Waals surface area contributed by atoms with E-state index in [0.717, 1.165) is 43.0 Å². The number of hydrogen-bond acceptors (Lipinski definition) is 7. The summed E-state index contributed by atoms with van der Waals surface area (Å²) in [5.41, 5.74) is 2.93. The number of anilines is 2. The summed E-state index contributed by atoms with van der Waals surface area (Å²) in [7, 11) is 0. The fraction of sp³-hybridized carbons (Fsp3) is 0.464. The normalized spacial score (nSPS) is 16.2. The molecule has 0 aromatic carbocycles. The molecule has 2 N–H and O–H groups in total. The fourth-order valence-electron chi connectivity index (χ4n) is 4.78. The zero-order chi connectivity index (χ0) is 27.6. The molecule has 3 amide bonds. The van der Waals surface area contributed by atoms with Gasteiger partial charge in [-0.05, 0) is 63.6 Å². The van der Waals surface area contributed by atoms with Crippen LogP contribution in [0.3, 0.4) is 0 Å². The van der Waals surface area contributed by atoms with Crippen molar-refractivity contribution in [2.45, 2.75) is 52.0 Å². The molecule has 5 heterocycles. The van der Waals surface area contributed by atoms with Crippen molar-refractivity contribution in [3.63, 3.8) is 0 Å². The lowest BCUT2D eigenvalue weighted by Gasteiger charge is -2.33. The van der Waals surface area contributed by atoms with E-state index in [0.29, 0.717) is 41.7 Å². The Hall–Kier alpha value is -3.57. The molecule has 0 atom stereocenters. The van der Waals surface area contributed by atoms with Crippen LogP contribution in [0.1, 0.15) is 56.0 Å². The lowest BCUT2D eigenvalue weighted by atomic mass is 9.97. The molecule has 206 valence electrons. The average molecular weight is 551 g/mol. The predicted octanol–water partition coefficient (Wildman–Crippen LogP) is 3.84. The van der Waals surface area contributed by atoms with Crippen LogP contribution in [0.25, 0.3) is 11.3 Å². The molecule has 39 heavy (non-hydrogen) atoms. The topological polar surface area (TPSA) is 118 Å². The van der Waals surface area contributed by atoms with E-state index in [2.05, 4.69) is 41.4 Å². The summed E-state index contributed by atoms with van der Waals surface area (Å²) in [5, 5.41) is 7.71. The Bertz CT molecular complexity index is 1370. The van der Waals surface area contributed by atoms with Crippen LogP contribution in [0.4, 0.5) is 10.9 Å². The fourth-order valence-corrected chi connectivity index (χ4v) is 5.51. The molecular weight excluding hydrogens is 516 g/mol. The summed E-state index contributed by atoms with van der Waals surface area (Å²) in [6.45, 7) is 8.15. The lowest BCUT2D eigenvalue weighted by Crippen LogP contribution is -2.40. The largest absolute Gasteiger partial charge is 0.381 e. The monoisotopic (exact) mass is 550 g/mol. The molecule has 5 rings (SSSR count). The van der Waals surface area contributed by atoms with E-state index in [1.165, 1.54) is 11.3 Å². The maximum absolute atomic E-state index is 12.7. The quantitative estimate of drug-likeness (QED) is 0.462. The van der Waals surface area contributed by atoms with E-state index < -0.39 is 0 Å². The highest BCUT2D eigenvalue weighted by molar-refractivity contribution is 7.14. The van der Waals surface area contributed by atoms with Gasteiger partial charge in [-0.2, -0.15) is 0 Å². The number of carbonyl (C=O) groups excluding carboxylic acids is 3. The first-order valence-electron chi connectivity index (χ1n) is 13.3. The summed E-state index contributed by atoms with van der Waals surface area (Å²) in [6.07, 6.45) is 8.38. The maximum atomic E-state index is 12.7. The zero-order valence-corrected chi connectivity index (χ0v) is 23.3. The van der Waals surface area contributed by atoms with E-state index >= 15 is 0 Å². The summed E-state index contributed by atoms with van der Waals surface area (Å²) in [6, 6.07) is 3.77. The Labute approximate surface area is 231 Å². The smallest absolute Gasteiger partial charge is 0.253 e. The number of nitrogens with one attached hydrogen (secondary N) is 2. The van der Waals surface area contributed by atoms with Gasteiger partial charge in [-0.3, -0.25) is 19.3 Å². The number of pyridine rings is 1. The number of rotatable bonds is 7. The van der Waals surface area contributed by atoms with E-state index in [-0.39, 0.29) is 29.8 Å². The summed E-state index contributed by atoms with van der Waals surface area (Å²) in [4.78, 5) is 48.6. The summed E-state index contributed by atoms with van der Waals surface area (Å²) >= 11 is 1.31. The Morgan fingerprint density at radius 3 is 2.74 bits per heavy atom. The molecule has 1 fully saturated rings. The molecule has 0 spiro atoms. The first-order valence-corrected chi connectivity index (χ1v) is 14.1. The molecule has 2 aliphatic heterocycles. The van der Waals surface area contributed by atoms with Gasteiger partial charge >= 0.3 is 0 Å². The van der Waals surface area contributed by atoms with Crippen LogP contribution in [0.5, 0.6) is 0 Å². The highest BCUT2D eigenvalue weighted by Gasteiger charge is 2.29. The maximum Gasteiger partial charge on any atom is 0.253 e. The van der Waals surface area contributed by atoms with Crippen LogP contribution in [0.2, 0.25) is 0 Å². The van der Waals surface area contributed by atoms with Gasteiger partial charge in [0.1, 0.15) is 5.82 Å². The van der Waals surface area contributed by atoms with Crippen LogP contribution in [-0.2, 0) is 26.3 Å². The Morgan fingerprint density at radius 2 is 2.00 bits per heavy atom. The highest BCUT2D eigenvalue weighted by atomic mass is 32.1. The second-order valence-electron chi connectivity index (χ2n) is 11.0. The zero-order valence-electron chi connectivity index (χ0n) is 22.5. The van der Waals surface area contributed by atoms with Gasteiger partial charge in [0, 0.05) is 61.3 Å². The van der Waals surface area contributed by atoms with Crippen LogP contribution in [-0.4, -0.2) is 58.6 Å². The van der Waals surface area contributed by atoms with Crippen molar-refractivity contribution in [3.05, 3.63) is 47.2 Å². The number of ether oxygens (including phenoxy) is 1. The lowest BCUT2D eigenvalue weighted by molar-refractivity contribution is -0.119. The van der Waals surface area contributed by atoms with Crippen molar-refractivity contribution in [3.8, 4) is 11.3 Å². The van der Waals surface area contributed by atoms with Crippen LogP contribution >= 0.6 is 11.3 Å². The first-order chi connectivity index (χ1) is 18.7. The van der Waals surface area contributed by atoms with Crippen LogP contribution in [0.15, 0.2) is 36.1 Å². The van der Waals surface area contributed by atoms with Crippen molar-refractivity contribution < 1.29 is 19.1 Å². The number of fused-ring (bicyclic) bond motifs is 1. The third-order valence-electron chi connectivity index (χ3n) is 7.07. The molecule has 2 aliphatic rings. The van der Waals surface area contributed by atoms with Crippen LogP contribution in [0, 0.1) is 5.92 Å². The van der Waals surface area contributed by atoms with Crippen molar-refractivity contribution in [2.24, 2.45) is 5.92 Å². The van der Waals surface area contributed by atoms with Gasteiger partial charge in [-0.1, -0.05) is 0 Å². The molecule has 3 aromatic heterocycles. The van der Waals surface area contributed by atoms with Gasteiger partial charge in [0.2, 0.25) is 11.8 Å². The third-order valence-corrected chi connectivity index (χ3v) is 7.83. The number of amides is 3. The molecule has 11 heteroatoms. The van der Waals surface area contributed by atoms with E-state index in [1.807, 2.05) is 27.1 Å². The minimum atomic E-state index is -0.356. The highest BCUT2D eigenvalue weighted by Crippen LogP contribution is 2.32. The number of aryl methyl sites for hydroxylation is 1. The first kappa shape index (κ1) is 27.0. The molecule has 3 aromatic rings. The van der Waals surface area contributed by atoms with E-state index in [4.69, 9.17) is 4.74 Å². The second-order valence-corrected chi connectivity index (χ2v) is 11.9. The molecule has 0 bridgehead atoms. The minimum Gasteiger partial charge on any atom is -0.381 e. The van der Waals surface area contributed by atoms with Gasteiger partial charge < -0.3 is 19.9 Å². The average Bonchev–Trinajstić information content (AvgIpc) is 3.60. The number of hydrogen-bond donors (Lipinski definition) is 2. The van der Waals surface area contributed by atoms with Gasteiger partial charge in [0.05, 0.1) is 17.8 Å². The van der Waals surface area contributed by atoms with E-state index in [9.17, 15) is 14.4 Å². The molecule has 0 saturated carbocycles. The Balaban J connectivity index is 1.19. The number of nitrogens with zero attached hydrogens (tertiary/aromatic N) is 4. The van der Waals surface area contributed by atoms with E-state index in [1.54, 1.807) is 18.5 Å². The second kappa shape index (κ2) is 11.3. The van der Waals surface area contributed by atoms with Crippen molar-refractivity contribution in [1.82, 2.24) is 19.9 Å². The molecule has 0 radical (unpaired) electrons. The van der Waals surface area contributed by atoms with Crippen molar-refractivity contribution in [1.29, 1.82) is 0 Å². The molecule has 10 nitrogen and oxygen atoms in total. The summed E-state index contributed by atoms with van der Waals surface area (Å²) in [5.74, 6) is 0.613. The minimum absolute atomic E-state index is 0.117. The van der Waals surface area contributed by atoms with Gasteiger partial charge in [-0.25, -0.2) is 9.97 Å².